The molecule has 29 heavy (non-hydrogen) atoms. The second-order valence-electron chi connectivity index (χ2n) is 9.48. The Kier molecular flexibility index (Phi) is 6.97. The van der Waals surface area contributed by atoms with Gasteiger partial charge in [0, 0.05) is 30.9 Å². The molecule has 2 heterocycles. The minimum Gasteiger partial charge on any atom is -0.444 e. The molecule has 8 heteroatoms. The summed E-state index contributed by atoms with van der Waals surface area (Å²) in [5.41, 5.74) is -0.340. The van der Waals surface area contributed by atoms with E-state index in [4.69, 9.17) is 4.74 Å². The largest absolute Gasteiger partial charge is 0.444 e. The third-order valence-electron chi connectivity index (χ3n) is 4.45. The molecule has 1 aromatic heterocycles. The minimum absolute atomic E-state index is 0.0711. The highest BCUT2D eigenvalue weighted by atomic mass is 16.6. The maximum absolute atomic E-state index is 12.6. The Morgan fingerprint density at radius 1 is 1.10 bits per heavy atom. The lowest BCUT2D eigenvalue weighted by Crippen LogP contribution is -2.46. The van der Waals surface area contributed by atoms with Crippen LogP contribution in [-0.2, 0) is 9.53 Å². The van der Waals surface area contributed by atoms with Crippen LogP contribution in [0.4, 0.5) is 4.79 Å². The summed E-state index contributed by atoms with van der Waals surface area (Å²) < 4.78 is 7.37. The monoisotopic (exact) mass is 406 g/mol. The molecular formula is C21H34N4O4. The fraction of sp³-hybridized carbons (Fsp3) is 0.667. The molecule has 1 aliphatic rings. The van der Waals surface area contributed by atoms with Crippen LogP contribution in [0.25, 0.3) is 0 Å². The van der Waals surface area contributed by atoms with E-state index < -0.39 is 5.60 Å². The van der Waals surface area contributed by atoms with E-state index in [0.29, 0.717) is 18.8 Å². The van der Waals surface area contributed by atoms with Crippen molar-refractivity contribution in [3.63, 3.8) is 0 Å². The van der Waals surface area contributed by atoms with E-state index in [0.717, 1.165) is 12.8 Å². The van der Waals surface area contributed by atoms with E-state index >= 15 is 0 Å². The molecule has 0 spiro atoms. The van der Waals surface area contributed by atoms with Gasteiger partial charge in [0.2, 0.25) is 5.91 Å². The SMILES string of the molecule is CC(C)(C)NC(=O)CNC(=O)c1cccn1C1CCN(C(=O)OC(C)(C)C)CC1. The summed E-state index contributed by atoms with van der Waals surface area (Å²) in [6.45, 7) is 12.3. The smallest absolute Gasteiger partial charge is 0.410 e. The van der Waals surface area contributed by atoms with Gasteiger partial charge in [-0.25, -0.2) is 4.79 Å². The fourth-order valence-electron chi connectivity index (χ4n) is 3.27. The summed E-state index contributed by atoms with van der Waals surface area (Å²) in [6, 6.07) is 3.69. The average molecular weight is 407 g/mol. The standard InChI is InChI=1S/C21H34N4O4/c1-20(2,3)23-17(26)14-22-18(27)16-8-7-11-25(16)15-9-12-24(13-10-15)19(28)29-21(4,5)6/h7-8,11,15H,9-10,12-14H2,1-6H3,(H,22,27)(H,23,26). The van der Waals surface area contributed by atoms with Crippen LogP contribution < -0.4 is 10.6 Å². The molecule has 8 nitrogen and oxygen atoms in total. The van der Waals surface area contributed by atoms with Crippen molar-refractivity contribution in [3.05, 3.63) is 24.0 Å². The van der Waals surface area contributed by atoms with E-state index in [1.807, 2.05) is 58.4 Å². The van der Waals surface area contributed by atoms with Gasteiger partial charge in [-0.3, -0.25) is 9.59 Å². The Hall–Kier alpha value is -2.51. The van der Waals surface area contributed by atoms with E-state index in [1.165, 1.54) is 0 Å². The van der Waals surface area contributed by atoms with Gasteiger partial charge in [-0.05, 0) is 66.5 Å². The van der Waals surface area contributed by atoms with Crippen LogP contribution in [0.3, 0.4) is 0 Å². The van der Waals surface area contributed by atoms with Gasteiger partial charge in [-0.15, -0.1) is 0 Å². The van der Waals surface area contributed by atoms with Crippen LogP contribution in [0.15, 0.2) is 18.3 Å². The third-order valence-corrected chi connectivity index (χ3v) is 4.45. The Bertz CT molecular complexity index is 735. The summed E-state index contributed by atoms with van der Waals surface area (Å²) in [7, 11) is 0. The molecule has 1 aliphatic heterocycles. The quantitative estimate of drug-likeness (QED) is 0.804. The van der Waals surface area contributed by atoms with Gasteiger partial charge in [-0.1, -0.05) is 0 Å². The Labute approximate surface area is 173 Å². The molecule has 0 radical (unpaired) electrons. The van der Waals surface area contributed by atoms with Crippen molar-refractivity contribution in [1.82, 2.24) is 20.1 Å². The summed E-state index contributed by atoms with van der Waals surface area (Å²) in [5, 5.41) is 5.50. The predicted molar refractivity (Wildman–Crippen MR) is 111 cm³/mol. The van der Waals surface area contributed by atoms with Crippen LogP contribution in [-0.4, -0.2) is 58.1 Å². The van der Waals surface area contributed by atoms with Crippen molar-refractivity contribution in [3.8, 4) is 0 Å². The Balaban J connectivity index is 1.91. The van der Waals surface area contributed by atoms with Crippen molar-refractivity contribution in [2.75, 3.05) is 19.6 Å². The zero-order valence-electron chi connectivity index (χ0n) is 18.4. The first-order chi connectivity index (χ1) is 13.4. The van der Waals surface area contributed by atoms with Gasteiger partial charge < -0.3 is 24.8 Å². The van der Waals surface area contributed by atoms with E-state index in [1.54, 1.807) is 11.0 Å². The molecule has 0 bridgehead atoms. The lowest BCUT2D eigenvalue weighted by molar-refractivity contribution is -0.121. The molecule has 3 amide bonds. The molecule has 0 aromatic carbocycles. The first-order valence-electron chi connectivity index (χ1n) is 10.1. The van der Waals surface area contributed by atoms with E-state index in [2.05, 4.69) is 10.6 Å². The van der Waals surface area contributed by atoms with Crippen LogP contribution in [0.2, 0.25) is 0 Å². The van der Waals surface area contributed by atoms with Gasteiger partial charge in [0.1, 0.15) is 11.3 Å². The van der Waals surface area contributed by atoms with Gasteiger partial charge in [0.15, 0.2) is 0 Å². The number of nitrogens with zero attached hydrogens (tertiary/aromatic N) is 2. The van der Waals surface area contributed by atoms with Gasteiger partial charge >= 0.3 is 6.09 Å². The van der Waals surface area contributed by atoms with Crippen molar-refractivity contribution in [2.45, 2.75) is 71.6 Å². The van der Waals surface area contributed by atoms with Crippen LogP contribution in [0.1, 0.15) is 70.9 Å². The maximum atomic E-state index is 12.6. The number of amides is 3. The second-order valence-corrected chi connectivity index (χ2v) is 9.48. The molecule has 0 aliphatic carbocycles. The predicted octanol–water partition coefficient (Wildman–Crippen LogP) is 2.70. The molecule has 2 rings (SSSR count). The average Bonchev–Trinajstić information content (AvgIpc) is 3.06. The zero-order valence-corrected chi connectivity index (χ0v) is 18.4. The summed E-state index contributed by atoms with van der Waals surface area (Å²) in [6.07, 6.45) is 3.04. The molecule has 1 fully saturated rings. The summed E-state index contributed by atoms with van der Waals surface area (Å²) >= 11 is 0. The topological polar surface area (TPSA) is 92.7 Å². The number of hydrogen-bond acceptors (Lipinski definition) is 4. The van der Waals surface area contributed by atoms with Crippen LogP contribution >= 0.6 is 0 Å². The number of ether oxygens (including phenoxy) is 1. The number of carbonyl (C=O) groups excluding carboxylic acids is 3. The molecule has 1 aromatic rings. The number of hydrogen-bond donors (Lipinski definition) is 2. The number of likely N-dealkylation sites (tertiary alicyclic amines) is 1. The number of piperidine rings is 1. The minimum atomic E-state index is -0.515. The molecule has 2 N–H and O–H groups in total. The lowest BCUT2D eigenvalue weighted by atomic mass is 10.0. The summed E-state index contributed by atoms with van der Waals surface area (Å²) in [5.74, 6) is -0.511. The molecule has 1 saturated heterocycles. The number of carbonyl (C=O) groups is 3. The number of nitrogens with one attached hydrogen (secondary N) is 2. The Morgan fingerprint density at radius 2 is 1.72 bits per heavy atom. The number of rotatable bonds is 4. The zero-order chi connectivity index (χ0) is 21.8. The first kappa shape index (κ1) is 22.8. The maximum Gasteiger partial charge on any atom is 0.410 e. The highest BCUT2D eigenvalue weighted by Crippen LogP contribution is 2.25. The number of aromatic nitrogens is 1. The van der Waals surface area contributed by atoms with Crippen molar-refractivity contribution >= 4 is 17.9 Å². The highest BCUT2D eigenvalue weighted by Gasteiger charge is 2.28. The molecule has 0 atom stereocenters. The second kappa shape index (κ2) is 8.88. The third kappa shape index (κ3) is 7.11. The Morgan fingerprint density at radius 3 is 2.28 bits per heavy atom. The van der Waals surface area contributed by atoms with Gasteiger partial charge in [-0.2, -0.15) is 0 Å². The van der Waals surface area contributed by atoms with E-state index in [9.17, 15) is 14.4 Å². The van der Waals surface area contributed by atoms with Crippen molar-refractivity contribution < 1.29 is 19.1 Å². The van der Waals surface area contributed by atoms with Crippen molar-refractivity contribution in [2.24, 2.45) is 0 Å². The van der Waals surface area contributed by atoms with Crippen LogP contribution in [0, 0.1) is 0 Å². The summed E-state index contributed by atoms with van der Waals surface area (Å²) in [4.78, 5) is 38.4. The van der Waals surface area contributed by atoms with Crippen LogP contribution in [0.5, 0.6) is 0 Å². The molecular weight excluding hydrogens is 372 g/mol. The van der Waals surface area contributed by atoms with E-state index in [-0.39, 0.29) is 36.0 Å². The lowest BCUT2D eigenvalue weighted by Gasteiger charge is -2.34. The molecule has 162 valence electrons. The van der Waals surface area contributed by atoms with Gasteiger partial charge in [0.25, 0.3) is 5.91 Å². The fourth-order valence-corrected chi connectivity index (χ4v) is 3.27. The normalized spacial score (nSPS) is 15.7. The van der Waals surface area contributed by atoms with Gasteiger partial charge in [0.05, 0.1) is 6.54 Å². The van der Waals surface area contributed by atoms with Crippen molar-refractivity contribution in [1.29, 1.82) is 0 Å². The highest BCUT2D eigenvalue weighted by molar-refractivity contribution is 5.95. The molecule has 0 saturated carbocycles. The first-order valence-corrected chi connectivity index (χ1v) is 10.1. The molecule has 0 unspecified atom stereocenters.